The molecule has 0 amide bonds. The maximum atomic E-state index is 9.88. The van der Waals surface area contributed by atoms with E-state index < -0.39 is 0 Å². The third-order valence-corrected chi connectivity index (χ3v) is 2.96. The Labute approximate surface area is 176 Å². The predicted molar refractivity (Wildman–Crippen MR) is 106 cm³/mol. The minimum atomic E-state index is 0. The Kier molecular flexibility index (Phi) is 16.5. The van der Waals surface area contributed by atoms with Crippen LogP contribution in [0.4, 0.5) is 0 Å². The first-order valence-corrected chi connectivity index (χ1v) is 8.16. The second-order valence-corrected chi connectivity index (χ2v) is 4.94. The number of rotatable bonds is 2. The van der Waals surface area contributed by atoms with Gasteiger partial charge in [-0.2, -0.15) is 47.5 Å². The van der Waals surface area contributed by atoms with Gasteiger partial charge in [-0.05, 0) is 0 Å². The van der Waals surface area contributed by atoms with E-state index in [1.54, 1.807) is 61.1 Å². The third-order valence-electron chi connectivity index (χ3n) is 2.96. The van der Waals surface area contributed by atoms with Gasteiger partial charge >= 0.3 is 21.7 Å². The van der Waals surface area contributed by atoms with E-state index in [1.165, 1.54) is 0 Å². The van der Waals surface area contributed by atoms with Gasteiger partial charge in [-0.15, -0.1) is 37.1 Å². The molecule has 0 unspecified atom stereocenters. The van der Waals surface area contributed by atoms with Gasteiger partial charge in [0.25, 0.3) is 0 Å². The van der Waals surface area contributed by atoms with Gasteiger partial charge in [-0.1, -0.05) is 12.1 Å². The quantitative estimate of drug-likeness (QED) is 0.542. The van der Waals surface area contributed by atoms with Crippen molar-refractivity contribution in [1.29, 1.82) is 0 Å². The van der Waals surface area contributed by atoms with Gasteiger partial charge in [-0.3, -0.25) is 12.2 Å². The molecule has 0 N–H and O–H groups in total. The molecule has 0 aliphatic heterocycles. The number of benzene rings is 2. The van der Waals surface area contributed by atoms with Crippen molar-refractivity contribution in [2.24, 2.45) is 0 Å². The maximum Gasteiger partial charge on any atom is 4.00 e. The average molecular weight is 388 g/mol. The van der Waals surface area contributed by atoms with Crippen molar-refractivity contribution >= 4 is 12.6 Å². The standard InChI is InChI=1S/2C7H5O.2C5H5.Ti/c2*8-6-7-4-2-1-3-5-7;2*1-2-4-5-3-1;/h2*1-5H;2*1-3H,4H2;/q4*-1;+4. The van der Waals surface area contributed by atoms with E-state index in [0.717, 1.165) is 12.8 Å². The van der Waals surface area contributed by atoms with Gasteiger partial charge in [-0.25, -0.2) is 24.3 Å². The number of hydrogen-bond donors (Lipinski definition) is 0. The van der Waals surface area contributed by atoms with Crippen LogP contribution in [0.25, 0.3) is 0 Å². The first-order valence-electron chi connectivity index (χ1n) is 8.16. The van der Waals surface area contributed by atoms with Crippen molar-refractivity contribution in [2.45, 2.75) is 12.8 Å². The molecule has 0 saturated carbocycles. The van der Waals surface area contributed by atoms with E-state index in [-0.39, 0.29) is 21.7 Å². The molecule has 2 nitrogen and oxygen atoms in total. The summed E-state index contributed by atoms with van der Waals surface area (Å²) in [5.41, 5.74) is 1.21. The van der Waals surface area contributed by atoms with Crippen LogP contribution in [0.15, 0.2) is 97.1 Å². The van der Waals surface area contributed by atoms with E-state index in [1.807, 2.05) is 36.4 Å². The molecular weight excluding hydrogens is 368 g/mol. The second-order valence-electron chi connectivity index (χ2n) is 4.94. The van der Waals surface area contributed by atoms with Crippen LogP contribution in [-0.4, -0.2) is 12.6 Å². The fourth-order valence-corrected chi connectivity index (χ4v) is 1.69. The van der Waals surface area contributed by atoms with Gasteiger partial charge < -0.3 is 9.59 Å². The zero-order chi connectivity index (χ0) is 18.7. The van der Waals surface area contributed by atoms with Crippen LogP contribution in [0.2, 0.25) is 0 Å². The zero-order valence-electron chi connectivity index (χ0n) is 15.0. The Bertz CT molecular complexity index is 644. The van der Waals surface area contributed by atoms with Crippen molar-refractivity contribution < 1.29 is 31.3 Å². The summed E-state index contributed by atoms with van der Waals surface area (Å²) in [6.45, 7) is 0. The van der Waals surface area contributed by atoms with E-state index in [2.05, 4.69) is 24.3 Å². The SMILES string of the molecule is O=[C-]c1ccccc1.O=[C-]c1ccccc1.[C-]1=CC=CC1.[C-]1=CC=CC1.[Ti+4]. The van der Waals surface area contributed by atoms with Gasteiger partial charge in [0, 0.05) is 0 Å². The number of hydrogen-bond acceptors (Lipinski definition) is 2. The summed E-state index contributed by atoms with van der Waals surface area (Å²) in [6.07, 6.45) is 23.6. The zero-order valence-corrected chi connectivity index (χ0v) is 16.5. The van der Waals surface area contributed by atoms with Crippen LogP contribution in [-0.2, 0) is 31.3 Å². The molecule has 3 heteroatoms. The molecule has 0 aromatic heterocycles. The van der Waals surface area contributed by atoms with Crippen molar-refractivity contribution in [3.8, 4) is 0 Å². The molecule has 2 aliphatic carbocycles. The molecule has 2 aliphatic rings. The van der Waals surface area contributed by atoms with Crippen molar-refractivity contribution in [3.63, 3.8) is 0 Å². The Balaban J connectivity index is 0.000000337. The van der Waals surface area contributed by atoms with E-state index in [9.17, 15) is 9.59 Å². The molecular formula is C24H20O2Ti. The Morgan fingerprint density at radius 2 is 1.00 bits per heavy atom. The summed E-state index contributed by atoms with van der Waals surface area (Å²) in [7, 11) is 0. The summed E-state index contributed by atoms with van der Waals surface area (Å²) in [4.78, 5) is 19.8. The van der Waals surface area contributed by atoms with Gasteiger partial charge in [0.05, 0.1) is 12.6 Å². The molecule has 0 atom stereocenters. The van der Waals surface area contributed by atoms with Crippen LogP contribution < -0.4 is 0 Å². The van der Waals surface area contributed by atoms with Crippen molar-refractivity contribution in [2.75, 3.05) is 0 Å². The summed E-state index contributed by atoms with van der Waals surface area (Å²) < 4.78 is 0. The van der Waals surface area contributed by atoms with Gasteiger partial charge in [0.1, 0.15) is 0 Å². The molecule has 0 spiro atoms. The molecule has 0 saturated heterocycles. The average Bonchev–Trinajstić information content (AvgIpc) is 3.48. The molecule has 27 heavy (non-hydrogen) atoms. The van der Waals surface area contributed by atoms with Crippen LogP contribution in [0.1, 0.15) is 24.0 Å². The predicted octanol–water partition coefficient (Wildman–Crippen LogP) is 4.90. The summed E-state index contributed by atoms with van der Waals surface area (Å²) >= 11 is 0. The molecule has 0 fully saturated rings. The number of carbonyl (C=O) groups excluding carboxylic acids is 2. The molecule has 2 aromatic carbocycles. The second kappa shape index (κ2) is 18.3. The third kappa shape index (κ3) is 14.3. The van der Waals surface area contributed by atoms with E-state index in [4.69, 9.17) is 0 Å². The van der Waals surface area contributed by atoms with Crippen LogP contribution >= 0.6 is 0 Å². The summed E-state index contributed by atoms with van der Waals surface area (Å²) in [5, 5.41) is 0. The largest absolute Gasteiger partial charge is 4.00 e. The molecule has 2 aromatic rings. The minimum absolute atomic E-state index is 0. The van der Waals surface area contributed by atoms with Gasteiger partial charge in [0.15, 0.2) is 0 Å². The summed E-state index contributed by atoms with van der Waals surface area (Å²) in [6, 6.07) is 17.8. The first-order chi connectivity index (χ1) is 12.9. The molecule has 132 valence electrons. The fraction of sp³-hybridized carbons (Fsp3) is 0.0833. The van der Waals surface area contributed by atoms with Crippen molar-refractivity contribution in [3.05, 3.63) is 120 Å². The topological polar surface area (TPSA) is 34.1 Å². The molecule has 4 rings (SSSR count). The first kappa shape index (κ1) is 24.5. The van der Waals surface area contributed by atoms with Gasteiger partial charge in [0.2, 0.25) is 0 Å². The maximum absolute atomic E-state index is 9.88. The Hall–Kier alpha value is -2.55. The van der Waals surface area contributed by atoms with E-state index in [0.29, 0.717) is 11.1 Å². The molecule has 0 heterocycles. The smallest absolute Gasteiger partial charge is 0.376 e. The minimum Gasteiger partial charge on any atom is -0.376 e. The Morgan fingerprint density at radius 3 is 1.15 bits per heavy atom. The van der Waals surface area contributed by atoms with Crippen LogP contribution in [0, 0.1) is 12.2 Å². The summed E-state index contributed by atoms with van der Waals surface area (Å²) in [5.74, 6) is 0. The monoisotopic (exact) mass is 388 g/mol. The Morgan fingerprint density at radius 1 is 0.630 bits per heavy atom. The van der Waals surface area contributed by atoms with Crippen molar-refractivity contribution in [1.82, 2.24) is 0 Å². The normalized spacial score (nSPS) is 11.6. The number of allylic oxidation sites excluding steroid dienone is 8. The fourth-order valence-electron chi connectivity index (χ4n) is 1.69. The molecule has 0 bridgehead atoms. The molecule has 0 radical (unpaired) electrons. The van der Waals surface area contributed by atoms with E-state index >= 15 is 0 Å². The van der Waals surface area contributed by atoms with Crippen LogP contribution in [0.5, 0.6) is 0 Å². The van der Waals surface area contributed by atoms with Crippen LogP contribution in [0.3, 0.4) is 0 Å².